The molecule has 2 heterocycles. The van der Waals surface area contributed by atoms with Crippen molar-refractivity contribution >= 4 is 20.9 Å². The minimum Gasteiger partial charge on any atom is -0.302 e. The van der Waals surface area contributed by atoms with Crippen LogP contribution in [0.5, 0.6) is 0 Å². The van der Waals surface area contributed by atoms with Crippen LogP contribution in [0.3, 0.4) is 0 Å². The van der Waals surface area contributed by atoms with E-state index in [2.05, 4.69) is 34.1 Å². The zero-order chi connectivity index (χ0) is 19.4. The Morgan fingerprint density at radius 3 is 2.54 bits per heavy atom. The Labute approximate surface area is 166 Å². The van der Waals surface area contributed by atoms with Gasteiger partial charge in [-0.1, -0.05) is 48.5 Å². The molecule has 1 saturated heterocycles. The fourth-order valence-corrected chi connectivity index (χ4v) is 5.40. The normalized spacial score (nSPS) is 16.9. The Morgan fingerprint density at radius 1 is 0.857 bits per heavy atom. The van der Waals surface area contributed by atoms with Gasteiger partial charge in [-0.3, -0.25) is 4.98 Å². The number of nitrogens with zero attached hydrogens (tertiary/aromatic N) is 3. The second kappa shape index (κ2) is 8.39. The highest BCUT2D eigenvalue weighted by molar-refractivity contribution is 7.89. The quantitative estimate of drug-likeness (QED) is 0.666. The molecule has 146 valence electrons. The molecule has 0 bridgehead atoms. The Hall–Kier alpha value is -2.28. The van der Waals surface area contributed by atoms with Crippen molar-refractivity contribution in [1.82, 2.24) is 14.2 Å². The van der Waals surface area contributed by atoms with Crippen LogP contribution < -0.4 is 0 Å². The van der Waals surface area contributed by atoms with Gasteiger partial charge >= 0.3 is 0 Å². The molecule has 28 heavy (non-hydrogen) atoms. The van der Waals surface area contributed by atoms with E-state index in [1.165, 1.54) is 5.56 Å². The molecule has 0 atom stereocenters. The second-order valence-corrected chi connectivity index (χ2v) is 9.07. The lowest BCUT2D eigenvalue weighted by Gasteiger charge is -2.22. The van der Waals surface area contributed by atoms with Crippen LogP contribution in [-0.4, -0.2) is 55.3 Å². The summed E-state index contributed by atoms with van der Waals surface area (Å²) in [6.07, 6.45) is 3.47. The van der Waals surface area contributed by atoms with Crippen LogP contribution in [-0.2, 0) is 16.4 Å². The number of rotatable bonds is 5. The molecular formula is C22H25N3O2S. The van der Waals surface area contributed by atoms with Crippen LogP contribution in [0.1, 0.15) is 12.0 Å². The number of sulfonamides is 1. The molecule has 5 nitrogen and oxygen atoms in total. The highest BCUT2D eigenvalue weighted by Gasteiger charge is 2.28. The number of benzene rings is 2. The Balaban J connectivity index is 1.47. The summed E-state index contributed by atoms with van der Waals surface area (Å²) in [5.41, 5.74) is 1.87. The summed E-state index contributed by atoms with van der Waals surface area (Å²) in [5, 5.41) is 0.850. The molecule has 0 radical (unpaired) electrons. The summed E-state index contributed by atoms with van der Waals surface area (Å²) >= 11 is 0. The maximum Gasteiger partial charge on any atom is 0.245 e. The highest BCUT2D eigenvalue weighted by atomic mass is 32.2. The van der Waals surface area contributed by atoms with Crippen molar-refractivity contribution in [1.29, 1.82) is 0 Å². The minimum absolute atomic E-state index is 0.309. The molecule has 0 spiro atoms. The molecule has 1 aliphatic rings. The summed E-state index contributed by atoms with van der Waals surface area (Å²) in [7, 11) is -3.56. The maximum absolute atomic E-state index is 13.3. The predicted molar refractivity (Wildman–Crippen MR) is 112 cm³/mol. The van der Waals surface area contributed by atoms with Crippen LogP contribution in [0.15, 0.2) is 71.8 Å². The minimum atomic E-state index is -3.56. The average Bonchev–Trinajstić information content (AvgIpc) is 2.99. The van der Waals surface area contributed by atoms with Crippen molar-refractivity contribution < 1.29 is 8.42 Å². The van der Waals surface area contributed by atoms with E-state index in [-0.39, 0.29) is 0 Å². The van der Waals surface area contributed by atoms with E-state index in [1.54, 1.807) is 22.6 Å². The molecule has 0 N–H and O–H groups in total. The topological polar surface area (TPSA) is 53.5 Å². The van der Waals surface area contributed by atoms with Crippen LogP contribution in [0.2, 0.25) is 0 Å². The molecular weight excluding hydrogens is 370 g/mol. The van der Waals surface area contributed by atoms with Gasteiger partial charge in [0.25, 0.3) is 0 Å². The van der Waals surface area contributed by atoms with Crippen molar-refractivity contribution in [2.24, 2.45) is 0 Å². The molecule has 6 heteroatoms. The van der Waals surface area contributed by atoms with E-state index >= 15 is 0 Å². The van der Waals surface area contributed by atoms with E-state index in [9.17, 15) is 8.42 Å². The lowest BCUT2D eigenvalue weighted by atomic mass is 10.1. The van der Waals surface area contributed by atoms with Gasteiger partial charge in [0.1, 0.15) is 4.90 Å². The van der Waals surface area contributed by atoms with Crippen molar-refractivity contribution in [3.8, 4) is 0 Å². The van der Waals surface area contributed by atoms with Gasteiger partial charge in [-0.2, -0.15) is 4.31 Å². The van der Waals surface area contributed by atoms with Crippen molar-refractivity contribution in [3.63, 3.8) is 0 Å². The summed E-state index contributed by atoms with van der Waals surface area (Å²) in [5.74, 6) is 0. The first-order chi connectivity index (χ1) is 13.6. The maximum atomic E-state index is 13.3. The monoisotopic (exact) mass is 395 g/mol. The Kier molecular flexibility index (Phi) is 5.71. The highest BCUT2D eigenvalue weighted by Crippen LogP contribution is 2.24. The van der Waals surface area contributed by atoms with Crippen molar-refractivity contribution in [3.05, 3.63) is 72.4 Å². The molecule has 4 rings (SSSR count). The van der Waals surface area contributed by atoms with E-state index in [1.807, 2.05) is 24.3 Å². The first-order valence-corrected chi connectivity index (χ1v) is 11.2. The van der Waals surface area contributed by atoms with E-state index < -0.39 is 10.0 Å². The summed E-state index contributed by atoms with van der Waals surface area (Å²) < 4.78 is 28.2. The number of para-hydroxylation sites is 1. The SMILES string of the molecule is O=S(=O)(c1cccc2cccnc12)N1CCCN(CCc2ccccc2)CC1. The largest absolute Gasteiger partial charge is 0.302 e. The van der Waals surface area contributed by atoms with Gasteiger partial charge in [-0.05, 0) is 37.1 Å². The van der Waals surface area contributed by atoms with Gasteiger partial charge in [0.2, 0.25) is 10.0 Å². The number of fused-ring (bicyclic) bond motifs is 1. The molecule has 3 aromatic rings. The number of aromatic nitrogens is 1. The summed E-state index contributed by atoms with van der Waals surface area (Å²) in [6, 6.07) is 19.5. The van der Waals surface area contributed by atoms with Gasteiger partial charge in [-0.25, -0.2) is 8.42 Å². The molecule has 0 aliphatic carbocycles. The lowest BCUT2D eigenvalue weighted by molar-refractivity contribution is 0.290. The number of hydrogen-bond donors (Lipinski definition) is 0. The number of hydrogen-bond acceptors (Lipinski definition) is 4. The zero-order valence-electron chi connectivity index (χ0n) is 15.9. The molecule has 0 unspecified atom stereocenters. The zero-order valence-corrected chi connectivity index (χ0v) is 16.7. The third-order valence-corrected chi connectivity index (χ3v) is 7.25. The fraction of sp³-hybridized carbons (Fsp3) is 0.318. The van der Waals surface area contributed by atoms with Crippen molar-refractivity contribution in [2.45, 2.75) is 17.7 Å². The molecule has 1 aromatic heterocycles. The van der Waals surface area contributed by atoms with E-state index in [0.717, 1.165) is 37.9 Å². The fourth-order valence-electron chi connectivity index (χ4n) is 3.77. The van der Waals surface area contributed by atoms with Gasteiger partial charge in [-0.15, -0.1) is 0 Å². The van der Waals surface area contributed by atoms with E-state index in [0.29, 0.717) is 23.5 Å². The van der Waals surface area contributed by atoms with Crippen molar-refractivity contribution in [2.75, 3.05) is 32.7 Å². The molecule has 1 fully saturated rings. The third kappa shape index (κ3) is 4.09. The van der Waals surface area contributed by atoms with Gasteiger partial charge < -0.3 is 4.90 Å². The van der Waals surface area contributed by atoms with Crippen LogP contribution in [0, 0.1) is 0 Å². The van der Waals surface area contributed by atoms with E-state index in [4.69, 9.17) is 0 Å². The first-order valence-electron chi connectivity index (χ1n) is 9.75. The Bertz CT molecular complexity index is 1030. The van der Waals surface area contributed by atoms with Gasteiger partial charge in [0.05, 0.1) is 5.52 Å². The van der Waals surface area contributed by atoms with Crippen LogP contribution in [0.25, 0.3) is 10.9 Å². The third-order valence-electron chi connectivity index (χ3n) is 5.32. The van der Waals surface area contributed by atoms with Crippen LogP contribution >= 0.6 is 0 Å². The molecule has 0 amide bonds. The summed E-state index contributed by atoms with van der Waals surface area (Å²) in [4.78, 5) is 7.00. The molecule has 1 aliphatic heterocycles. The second-order valence-electron chi connectivity index (χ2n) is 7.17. The smallest absolute Gasteiger partial charge is 0.245 e. The first kappa shape index (κ1) is 19.1. The average molecular weight is 396 g/mol. The van der Waals surface area contributed by atoms with Gasteiger partial charge in [0, 0.05) is 37.8 Å². The van der Waals surface area contributed by atoms with Gasteiger partial charge in [0.15, 0.2) is 0 Å². The molecule has 0 saturated carbocycles. The Morgan fingerprint density at radius 2 is 1.68 bits per heavy atom. The molecule has 2 aromatic carbocycles. The number of pyridine rings is 1. The lowest BCUT2D eigenvalue weighted by Crippen LogP contribution is -2.35. The standard InChI is InChI=1S/C22H25N3O2S/c26-28(27,21-11-4-9-20-10-5-13-23-22(20)21)25-15-6-14-24(17-18-25)16-12-19-7-2-1-3-8-19/h1-5,7-11,13H,6,12,14-18H2. The predicted octanol–water partition coefficient (Wildman–Crippen LogP) is 3.17. The summed E-state index contributed by atoms with van der Waals surface area (Å²) in [6.45, 7) is 3.69. The van der Waals surface area contributed by atoms with Crippen LogP contribution in [0.4, 0.5) is 0 Å².